The SMILES string of the molecule is O/N=C(/c1ccnc(Oc2cccc(F)c2)c1)N1CCC=N1. The third-order valence-electron chi connectivity index (χ3n) is 3.04. The fourth-order valence-corrected chi connectivity index (χ4v) is 2.07. The highest BCUT2D eigenvalue weighted by atomic mass is 19.1. The third-order valence-corrected chi connectivity index (χ3v) is 3.04. The molecule has 1 aliphatic heterocycles. The number of amidine groups is 1. The molecule has 0 spiro atoms. The van der Waals surface area contributed by atoms with Gasteiger partial charge in [0.25, 0.3) is 0 Å². The maximum Gasteiger partial charge on any atom is 0.219 e. The van der Waals surface area contributed by atoms with Gasteiger partial charge < -0.3 is 9.94 Å². The van der Waals surface area contributed by atoms with Crippen molar-refractivity contribution < 1.29 is 14.3 Å². The molecule has 0 aliphatic carbocycles. The molecule has 2 heterocycles. The van der Waals surface area contributed by atoms with Crippen LogP contribution in [0.25, 0.3) is 0 Å². The fraction of sp³-hybridized carbons (Fsp3) is 0.133. The Morgan fingerprint density at radius 3 is 2.95 bits per heavy atom. The Morgan fingerprint density at radius 1 is 1.32 bits per heavy atom. The Labute approximate surface area is 126 Å². The summed E-state index contributed by atoms with van der Waals surface area (Å²) in [6, 6.07) is 9.06. The maximum absolute atomic E-state index is 13.2. The molecular formula is C15H13FN4O2. The molecule has 1 aromatic heterocycles. The van der Waals surface area contributed by atoms with Gasteiger partial charge in [-0.1, -0.05) is 11.2 Å². The van der Waals surface area contributed by atoms with Crippen molar-refractivity contribution in [2.45, 2.75) is 6.42 Å². The molecule has 1 aromatic carbocycles. The van der Waals surface area contributed by atoms with Crippen LogP contribution in [0.4, 0.5) is 4.39 Å². The highest BCUT2D eigenvalue weighted by Crippen LogP contribution is 2.21. The largest absolute Gasteiger partial charge is 0.439 e. The standard InChI is InChI=1S/C15H13FN4O2/c16-12-3-1-4-13(10-12)22-14-9-11(5-7-17-14)15(19-21)20-8-2-6-18-20/h1,3-7,9-10,21H,2,8H2/b19-15-. The second-order valence-corrected chi connectivity index (χ2v) is 4.58. The molecule has 3 rings (SSSR count). The van der Waals surface area contributed by atoms with E-state index in [4.69, 9.17) is 4.74 Å². The van der Waals surface area contributed by atoms with Crippen molar-refractivity contribution in [2.24, 2.45) is 10.3 Å². The number of hydrazone groups is 1. The first-order valence-corrected chi connectivity index (χ1v) is 6.68. The lowest BCUT2D eigenvalue weighted by Crippen LogP contribution is -2.24. The van der Waals surface area contributed by atoms with E-state index in [9.17, 15) is 9.60 Å². The van der Waals surface area contributed by atoms with Crippen LogP contribution in [0.2, 0.25) is 0 Å². The van der Waals surface area contributed by atoms with Gasteiger partial charge in [0.15, 0.2) is 5.84 Å². The van der Waals surface area contributed by atoms with Gasteiger partial charge in [0.05, 0.1) is 0 Å². The lowest BCUT2D eigenvalue weighted by atomic mass is 10.2. The lowest BCUT2D eigenvalue weighted by molar-refractivity contribution is 0.305. The summed E-state index contributed by atoms with van der Waals surface area (Å²) in [5.74, 6) is 0.525. The maximum atomic E-state index is 13.2. The Balaban J connectivity index is 1.84. The first-order chi connectivity index (χ1) is 10.8. The number of halogens is 1. The van der Waals surface area contributed by atoms with Crippen molar-refractivity contribution in [3.05, 3.63) is 54.0 Å². The minimum absolute atomic E-state index is 0.271. The highest BCUT2D eigenvalue weighted by Gasteiger charge is 2.17. The average molecular weight is 300 g/mol. The van der Waals surface area contributed by atoms with Gasteiger partial charge in [-0.3, -0.25) is 0 Å². The van der Waals surface area contributed by atoms with Gasteiger partial charge in [-0.25, -0.2) is 14.4 Å². The highest BCUT2D eigenvalue weighted by molar-refractivity contribution is 5.99. The Morgan fingerprint density at radius 2 is 2.23 bits per heavy atom. The zero-order valence-corrected chi connectivity index (χ0v) is 11.6. The van der Waals surface area contributed by atoms with Gasteiger partial charge in [-0.15, -0.1) is 0 Å². The average Bonchev–Trinajstić information content (AvgIpc) is 3.03. The smallest absolute Gasteiger partial charge is 0.219 e. The molecule has 0 bridgehead atoms. The van der Waals surface area contributed by atoms with Crippen molar-refractivity contribution in [3.63, 3.8) is 0 Å². The predicted molar refractivity (Wildman–Crippen MR) is 78.8 cm³/mol. The van der Waals surface area contributed by atoms with Crippen molar-refractivity contribution in [2.75, 3.05) is 6.54 Å². The second kappa shape index (κ2) is 6.21. The van der Waals surface area contributed by atoms with Crippen LogP contribution in [-0.2, 0) is 0 Å². The summed E-state index contributed by atoms with van der Waals surface area (Å²) in [6.07, 6.45) is 4.06. The molecule has 0 saturated carbocycles. The van der Waals surface area contributed by atoms with E-state index < -0.39 is 5.82 Å². The summed E-state index contributed by atoms with van der Waals surface area (Å²) in [4.78, 5) is 4.07. The number of nitrogens with zero attached hydrogens (tertiary/aromatic N) is 4. The number of oxime groups is 1. The molecule has 0 fully saturated rings. The van der Waals surface area contributed by atoms with Crippen LogP contribution in [0.1, 0.15) is 12.0 Å². The molecular weight excluding hydrogens is 287 g/mol. The normalized spacial score (nSPS) is 14.4. The van der Waals surface area contributed by atoms with Crippen molar-refractivity contribution >= 4 is 12.1 Å². The minimum Gasteiger partial charge on any atom is -0.439 e. The second-order valence-electron chi connectivity index (χ2n) is 4.58. The zero-order valence-electron chi connectivity index (χ0n) is 11.6. The summed E-state index contributed by atoms with van der Waals surface area (Å²) >= 11 is 0. The van der Waals surface area contributed by atoms with Gasteiger partial charge >= 0.3 is 0 Å². The molecule has 7 heteroatoms. The van der Waals surface area contributed by atoms with Crippen LogP contribution >= 0.6 is 0 Å². The van der Waals surface area contributed by atoms with Gasteiger partial charge in [-0.05, 0) is 18.2 Å². The minimum atomic E-state index is -0.391. The van der Waals surface area contributed by atoms with Gasteiger partial charge in [0, 0.05) is 43.1 Å². The third kappa shape index (κ3) is 3.03. The molecule has 0 amide bonds. The summed E-state index contributed by atoms with van der Waals surface area (Å²) < 4.78 is 18.7. The molecule has 0 radical (unpaired) electrons. The molecule has 1 aliphatic rings. The number of pyridine rings is 1. The van der Waals surface area contributed by atoms with E-state index in [2.05, 4.69) is 15.2 Å². The summed E-state index contributed by atoms with van der Waals surface area (Å²) in [6.45, 7) is 0.641. The van der Waals surface area contributed by atoms with Crippen LogP contribution in [0, 0.1) is 5.82 Å². The lowest BCUT2D eigenvalue weighted by Gasteiger charge is -2.15. The van der Waals surface area contributed by atoms with E-state index in [1.54, 1.807) is 35.5 Å². The van der Waals surface area contributed by atoms with Crippen molar-refractivity contribution in [3.8, 4) is 11.6 Å². The van der Waals surface area contributed by atoms with Gasteiger partial charge in [0.2, 0.25) is 5.88 Å². The van der Waals surface area contributed by atoms with Gasteiger partial charge in [0.1, 0.15) is 11.6 Å². The van der Waals surface area contributed by atoms with E-state index in [1.807, 2.05) is 0 Å². The zero-order chi connectivity index (χ0) is 15.4. The molecule has 2 aromatic rings. The first-order valence-electron chi connectivity index (χ1n) is 6.68. The summed E-state index contributed by atoms with van der Waals surface area (Å²) in [5, 5.41) is 18.2. The van der Waals surface area contributed by atoms with E-state index >= 15 is 0 Å². The molecule has 1 N–H and O–H groups in total. The number of hydrogen-bond donors (Lipinski definition) is 1. The number of hydrogen-bond acceptors (Lipinski definition) is 5. The molecule has 112 valence electrons. The predicted octanol–water partition coefficient (Wildman–Crippen LogP) is 2.84. The van der Waals surface area contributed by atoms with Crippen LogP contribution < -0.4 is 4.74 Å². The van der Waals surface area contributed by atoms with Crippen LogP contribution in [0.15, 0.2) is 52.9 Å². The molecule has 22 heavy (non-hydrogen) atoms. The van der Waals surface area contributed by atoms with E-state index in [1.165, 1.54) is 18.3 Å². The monoisotopic (exact) mass is 300 g/mol. The van der Waals surface area contributed by atoms with Crippen LogP contribution in [0.3, 0.4) is 0 Å². The fourth-order valence-electron chi connectivity index (χ4n) is 2.07. The molecule has 0 atom stereocenters. The van der Waals surface area contributed by atoms with Crippen molar-refractivity contribution in [1.29, 1.82) is 0 Å². The summed E-state index contributed by atoms with van der Waals surface area (Å²) in [5.41, 5.74) is 0.600. The number of rotatable bonds is 3. The van der Waals surface area contributed by atoms with E-state index in [-0.39, 0.29) is 5.88 Å². The molecule has 0 saturated heterocycles. The van der Waals surface area contributed by atoms with Gasteiger partial charge in [-0.2, -0.15) is 5.10 Å². The number of ether oxygens (including phenoxy) is 1. The quantitative estimate of drug-likeness (QED) is 0.409. The topological polar surface area (TPSA) is 70.3 Å². The number of benzene rings is 1. The Hall–Kier alpha value is -2.96. The van der Waals surface area contributed by atoms with Crippen LogP contribution in [0.5, 0.6) is 11.6 Å². The van der Waals surface area contributed by atoms with E-state index in [0.29, 0.717) is 23.7 Å². The molecule has 0 unspecified atom stereocenters. The van der Waals surface area contributed by atoms with E-state index in [0.717, 1.165) is 6.42 Å². The Bertz CT molecular complexity index is 733. The number of aromatic nitrogens is 1. The first kappa shape index (κ1) is 14.0. The van der Waals surface area contributed by atoms with Crippen molar-refractivity contribution in [1.82, 2.24) is 9.99 Å². The Kier molecular flexibility index (Phi) is 3.95. The van der Waals surface area contributed by atoms with Crippen LogP contribution in [-0.4, -0.2) is 33.8 Å². The summed E-state index contributed by atoms with van der Waals surface area (Å²) in [7, 11) is 0. The molecule has 6 nitrogen and oxygen atoms in total.